The summed E-state index contributed by atoms with van der Waals surface area (Å²) in [5, 5.41) is -0.484. The van der Waals surface area contributed by atoms with E-state index in [9.17, 15) is 14.4 Å². The number of rotatable bonds is 3. The molecule has 0 atom stereocenters. The summed E-state index contributed by atoms with van der Waals surface area (Å²) in [4.78, 5) is 35.5. The second-order valence-electron chi connectivity index (χ2n) is 3.76. The molecule has 1 aromatic rings. The fraction of sp³-hybridized carbons (Fsp3) is 0.0833. The van der Waals surface area contributed by atoms with Gasteiger partial charge in [-0.2, -0.15) is 0 Å². The Bertz CT molecular complexity index is 600. The van der Waals surface area contributed by atoms with Crippen LogP contribution in [0.5, 0.6) is 0 Å². The number of nitrogens with zero attached hydrogens (tertiary/aromatic N) is 1. The first-order valence-electron chi connectivity index (χ1n) is 5.27. The highest BCUT2D eigenvalue weighted by Crippen LogP contribution is 2.33. The Morgan fingerprint density at radius 1 is 1.37 bits per heavy atom. The molecule has 1 aliphatic heterocycles. The first-order valence-corrected chi connectivity index (χ1v) is 6.88. The number of nitrogens with two attached hydrogens (primary N) is 1. The molecule has 0 bridgehead atoms. The Morgan fingerprint density at radius 3 is 2.68 bits per heavy atom. The van der Waals surface area contributed by atoms with Gasteiger partial charge < -0.3 is 5.73 Å². The molecule has 0 saturated carbocycles. The smallest absolute Gasteiger partial charge is 0.294 e. The third-order valence-electron chi connectivity index (χ3n) is 2.38. The second-order valence-corrected chi connectivity index (χ2v) is 5.60. The Balaban J connectivity index is 2.28. The van der Waals surface area contributed by atoms with E-state index < -0.39 is 23.6 Å². The van der Waals surface area contributed by atoms with Crippen LogP contribution in [-0.4, -0.2) is 28.5 Å². The highest BCUT2D eigenvalue weighted by Gasteiger charge is 2.35. The number of imide groups is 1. The van der Waals surface area contributed by atoms with Gasteiger partial charge in [-0.15, -0.1) is 0 Å². The van der Waals surface area contributed by atoms with Gasteiger partial charge >= 0.3 is 0 Å². The van der Waals surface area contributed by atoms with E-state index in [-0.39, 0.29) is 4.91 Å². The van der Waals surface area contributed by atoms with E-state index in [2.05, 4.69) is 15.9 Å². The van der Waals surface area contributed by atoms with Crippen molar-refractivity contribution in [3.63, 3.8) is 0 Å². The zero-order valence-corrected chi connectivity index (χ0v) is 12.0. The minimum atomic E-state index is -0.718. The molecule has 0 aliphatic carbocycles. The van der Waals surface area contributed by atoms with Gasteiger partial charge in [0.05, 0.1) is 4.91 Å². The lowest BCUT2D eigenvalue weighted by Gasteiger charge is -2.08. The van der Waals surface area contributed by atoms with E-state index in [0.29, 0.717) is 0 Å². The maximum absolute atomic E-state index is 12.0. The summed E-state index contributed by atoms with van der Waals surface area (Å²) in [6.07, 6.45) is 1.61. The summed E-state index contributed by atoms with van der Waals surface area (Å²) in [6.45, 7) is -0.391. The molecule has 19 heavy (non-hydrogen) atoms. The lowest BCUT2D eigenvalue weighted by molar-refractivity contribution is -0.127. The van der Waals surface area contributed by atoms with E-state index in [1.165, 1.54) is 0 Å². The number of carbonyl (C=O) groups is 3. The minimum Gasteiger partial charge on any atom is -0.368 e. The average molecular weight is 341 g/mol. The number of amides is 3. The summed E-state index contributed by atoms with van der Waals surface area (Å²) < 4.78 is 0.816. The molecule has 0 radical (unpaired) electrons. The SMILES string of the molecule is NC(=O)CN1C(=O)S/C(=C\c2ccccc2Br)C1=O. The Labute approximate surface area is 122 Å². The first-order chi connectivity index (χ1) is 8.99. The predicted molar refractivity (Wildman–Crippen MR) is 76.0 cm³/mol. The fourth-order valence-electron chi connectivity index (χ4n) is 1.53. The van der Waals surface area contributed by atoms with Gasteiger partial charge in [0.2, 0.25) is 5.91 Å². The molecule has 2 N–H and O–H groups in total. The molecule has 0 spiro atoms. The standard InChI is InChI=1S/C12H9BrN2O3S/c13-8-4-2-1-3-7(8)5-9-11(17)15(6-10(14)16)12(18)19-9/h1-5H,6H2,(H2,14,16)/b9-5-. The molecule has 0 aromatic heterocycles. The molecule has 1 aliphatic rings. The van der Waals surface area contributed by atoms with Crippen molar-refractivity contribution < 1.29 is 14.4 Å². The van der Waals surface area contributed by atoms with Crippen molar-refractivity contribution in [3.8, 4) is 0 Å². The molecule has 98 valence electrons. The van der Waals surface area contributed by atoms with E-state index in [1.807, 2.05) is 24.3 Å². The first kappa shape index (κ1) is 13.8. The van der Waals surface area contributed by atoms with E-state index in [4.69, 9.17) is 5.73 Å². The van der Waals surface area contributed by atoms with Crippen LogP contribution < -0.4 is 5.73 Å². The molecule has 1 aromatic carbocycles. The van der Waals surface area contributed by atoms with Crippen molar-refractivity contribution in [3.05, 3.63) is 39.2 Å². The molecule has 5 nitrogen and oxygen atoms in total. The molecule has 2 rings (SSSR count). The monoisotopic (exact) mass is 340 g/mol. The van der Waals surface area contributed by atoms with Gasteiger partial charge in [0.1, 0.15) is 6.54 Å². The van der Waals surface area contributed by atoms with Crippen LogP contribution in [0.3, 0.4) is 0 Å². The van der Waals surface area contributed by atoms with Gasteiger partial charge in [0, 0.05) is 4.47 Å². The molecular weight excluding hydrogens is 332 g/mol. The van der Waals surface area contributed by atoms with Crippen molar-refractivity contribution in [1.82, 2.24) is 4.90 Å². The zero-order chi connectivity index (χ0) is 14.0. The Kier molecular flexibility index (Phi) is 4.06. The van der Waals surface area contributed by atoms with Gasteiger partial charge in [-0.05, 0) is 29.5 Å². The molecule has 1 heterocycles. The van der Waals surface area contributed by atoms with Crippen LogP contribution in [-0.2, 0) is 9.59 Å². The Morgan fingerprint density at radius 2 is 2.05 bits per heavy atom. The van der Waals surface area contributed by atoms with Crippen LogP contribution in [0.25, 0.3) is 6.08 Å². The van der Waals surface area contributed by atoms with Crippen LogP contribution >= 0.6 is 27.7 Å². The van der Waals surface area contributed by atoms with Gasteiger partial charge in [0.25, 0.3) is 11.1 Å². The molecular formula is C12H9BrN2O3S. The van der Waals surface area contributed by atoms with Crippen LogP contribution in [0.1, 0.15) is 5.56 Å². The van der Waals surface area contributed by atoms with Gasteiger partial charge in [-0.1, -0.05) is 34.1 Å². The number of primary amides is 1. The predicted octanol–water partition coefficient (Wildman–Crippen LogP) is 1.97. The number of hydrogen-bond acceptors (Lipinski definition) is 4. The molecule has 7 heteroatoms. The summed E-state index contributed by atoms with van der Waals surface area (Å²) in [5.74, 6) is -1.21. The zero-order valence-electron chi connectivity index (χ0n) is 9.63. The summed E-state index contributed by atoms with van der Waals surface area (Å²) in [7, 11) is 0. The largest absolute Gasteiger partial charge is 0.368 e. The van der Waals surface area contributed by atoms with E-state index in [0.717, 1.165) is 26.7 Å². The normalized spacial score (nSPS) is 17.3. The van der Waals surface area contributed by atoms with E-state index >= 15 is 0 Å². The van der Waals surface area contributed by atoms with Crippen LogP contribution in [0, 0.1) is 0 Å². The number of benzene rings is 1. The summed E-state index contributed by atoms with van der Waals surface area (Å²) >= 11 is 4.15. The van der Waals surface area contributed by atoms with Crippen molar-refractivity contribution in [2.45, 2.75) is 0 Å². The maximum atomic E-state index is 12.0. The highest BCUT2D eigenvalue weighted by molar-refractivity contribution is 9.10. The fourth-order valence-corrected chi connectivity index (χ4v) is 2.75. The minimum absolute atomic E-state index is 0.276. The molecule has 0 unspecified atom stereocenters. The Hall–Kier alpha value is -1.60. The number of thioether (sulfide) groups is 1. The van der Waals surface area contributed by atoms with Crippen molar-refractivity contribution in [2.24, 2.45) is 5.73 Å². The molecule has 1 fully saturated rings. The van der Waals surface area contributed by atoms with Crippen LogP contribution in [0.4, 0.5) is 4.79 Å². The number of hydrogen-bond donors (Lipinski definition) is 1. The quantitative estimate of drug-likeness (QED) is 0.853. The second kappa shape index (κ2) is 5.58. The van der Waals surface area contributed by atoms with Crippen LogP contribution in [0.15, 0.2) is 33.6 Å². The van der Waals surface area contributed by atoms with Crippen molar-refractivity contribution in [1.29, 1.82) is 0 Å². The summed E-state index contributed by atoms with van der Waals surface area (Å²) in [6, 6.07) is 7.32. The number of carbonyl (C=O) groups excluding carboxylic acids is 3. The third kappa shape index (κ3) is 3.05. The van der Waals surface area contributed by atoms with Gasteiger partial charge in [0.15, 0.2) is 0 Å². The average Bonchev–Trinajstić information content (AvgIpc) is 2.60. The highest BCUT2D eigenvalue weighted by atomic mass is 79.9. The molecule has 1 saturated heterocycles. The maximum Gasteiger partial charge on any atom is 0.294 e. The summed E-state index contributed by atoms with van der Waals surface area (Å²) in [5.41, 5.74) is 5.78. The topological polar surface area (TPSA) is 80.5 Å². The van der Waals surface area contributed by atoms with Crippen LogP contribution in [0.2, 0.25) is 0 Å². The van der Waals surface area contributed by atoms with E-state index in [1.54, 1.807) is 6.08 Å². The molecule has 3 amide bonds. The lowest BCUT2D eigenvalue weighted by atomic mass is 10.2. The lowest BCUT2D eigenvalue weighted by Crippen LogP contribution is -2.36. The van der Waals surface area contributed by atoms with Gasteiger partial charge in [-0.3, -0.25) is 19.3 Å². The van der Waals surface area contributed by atoms with Crippen molar-refractivity contribution >= 4 is 50.8 Å². The van der Waals surface area contributed by atoms with Gasteiger partial charge in [-0.25, -0.2) is 0 Å². The third-order valence-corrected chi connectivity index (χ3v) is 4.01. The van der Waals surface area contributed by atoms with Crippen molar-refractivity contribution in [2.75, 3.05) is 6.54 Å². The number of halogens is 1.